The van der Waals surface area contributed by atoms with Crippen LogP contribution in [0.2, 0.25) is 0 Å². The van der Waals surface area contributed by atoms with Gasteiger partial charge in [0.15, 0.2) is 0 Å². The van der Waals surface area contributed by atoms with Crippen LogP contribution in [0.4, 0.5) is 5.69 Å². The molecule has 1 saturated heterocycles. The Morgan fingerprint density at radius 1 is 1.45 bits per heavy atom. The number of carbonyl (C=O) groups is 1. The molecular formula is C16H23NO3. The quantitative estimate of drug-likeness (QED) is 0.473. The highest BCUT2D eigenvalue weighted by atomic mass is 16.5. The molecule has 1 fully saturated rings. The summed E-state index contributed by atoms with van der Waals surface area (Å²) in [6.45, 7) is 1.38. The summed E-state index contributed by atoms with van der Waals surface area (Å²) in [5.74, 6) is -0.139. The molecule has 0 spiro atoms. The van der Waals surface area contributed by atoms with Crippen LogP contribution in [-0.2, 0) is 20.7 Å². The Hall–Kier alpha value is -1.55. The van der Waals surface area contributed by atoms with E-state index in [1.54, 1.807) is 0 Å². The Kier molecular flexibility index (Phi) is 5.87. The summed E-state index contributed by atoms with van der Waals surface area (Å²) in [5.41, 5.74) is 7.49. The molecule has 0 bridgehead atoms. The predicted molar refractivity (Wildman–Crippen MR) is 78.3 cm³/mol. The van der Waals surface area contributed by atoms with Crippen LogP contribution in [0, 0.1) is 0 Å². The number of rotatable bonds is 7. The molecule has 0 saturated carbocycles. The minimum absolute atomic E-state index is 0.139. The van der Waals surface area contributed by atoms with Crippen molar-refractivity contribution in [2.24, 2.45) is 0 Å². The lowest BCUT2D eigenvalue weighted by molar-refractivity contribution is -0.143. The molecule has 4 nitrogen and oxygen atoms in total. The first-order valence-corrected chi connectivity index (χ1v) is 7.35. The molecule has 0 amide bonds. The lowest BCUT2D eigenvalue weighted by Gasteiger charge is -2.09. The fraction of sp³-hybridized carbons (Fsp3) is 0.562. The molecule has 1 heterocycles. The molecule has 110 valence electrons. The number of nitrogen functional groups attached to an aromatic ring is 1. The molecule has 0 aliphatic carbocycles. The topological polar surface area (TPSA) is 61.6 Å². The van der Waals surface area contributed by atoms with E-state index in [1.807, 2.05) is 24.3 Å². The van der Waals surface area contributed by atoms with Crippen LogP contribution < -0.4 is 5.73 Å². The van der Waals surface area contributed by atoms with Crippen molar-refractivity contribution >= 4 is 11.7 Å². The predicted octanol–water partition coefficient (Wildman–Crippen LogP) is 2.70. The molecular weight excluding hydrogens is 254 g/mol. The van der Waals surface area contributed by atoms with Gasteiger partial charge in [-0.15, -0.1) is 0 Å². The number of aryl methyl sites for hydroxylation is 1. The Labute approximate surface area is 120 Å². The van der Waals surface area contributed by atoms with Gasteiger partial charge in [0.05, 0.1) is 12.7 Å². The Morgan fingerprint density at radius 2 is 2.35 bits per heavy atom. The van der Waals surface area contributed by atoms with Crippen molar-refractivity contribution in [1.82, 2.24) is 0 Å². The van der Waals surface area contributed by atoms with Crippen molar-refractivity contribution in [3.63, 3.8) is 0 Å². The summed E-state index contributed by atoms with van der Waals surface area (Å²) < 4.78 is 10.8. The minimum Gasteiger partial charge on any atom is -0.466 e. The van der Waals surface area contributed by atoms with E-state index in [1.165, 1.54) is 0 Å². The molecule has 20 heavy (non-hydrogen) atoms. The molecule has 0 radical (unpaired) electrons. The normalized spacial score (nSPS) is 18.1. The largest absolute Gasteiger partial charge is 0.466 e. The second kappa shape index (κ2) is 7.90. The van der Waals surface area contributed by atoms with Crippen molar-refractivity contribution < 1.29 is 14.3 Å². The van der Waals surface area contributed by atoms with E-state index < -0.39 is 0 Å². The average molecular weight is 277 g/mol. The van der Waals surface area contributed by atoms with E-state index in [2.05, 4.69) is 0 Å². The van der Waals surface area contributed by atoms with Crippen molar-refractivity contribution in [3.8, 4) is 0 Å². The van der Waals surface area contributed by atoms with Gasteiger partial charge in [0.2, 0.25) is 0 Å². The highest BCUT2D eigenvalue weighted by molar-refractivity contribution is 5.69. The third kappa shape index (κ3) is 5.21. The number of ether oxygens (including phenoxy) is 2. The smallest absolute Gasteiger partial charge is 0.306 e. The molecule has 2 rings (SSSR count). The van der Waals surface area contributed by atoms with Crippen LogP contribution in [-0.4, -0.2) is 25.3 Å². The molecule has 1 aromatic carbocycles. The number of benzene rings is 1. The van der Waals surface area contributed by atoms with Crippen molar-refractivity contribution in [2.45, 2.75) is 44.6 Å². The van der Waals surface area contributed by atoms with Gasteiger partial charge in [-0.3, -0.25) is 4.79 Å². The lowest BCUT2D eigenvalue weighted by Crippen LogP contribution is -2.10. The van der Waals surface area contributed by atoms with E-state index in [4.69, 9.17) is 15.2 Å². The van der Waals surface area contributed by atoms with Gasteiger partial charge in [0.1, 0.15) is 0 Å². The van der Waals surface area contributed by atoms with E-state index in [-0.39, 0.29) is 5.97 Å². The third-order valence-corrected chi connectivity index (χ3v) is 3.53. The zero-order chi connectivity index (χ0) is 14.2. The van der Waals surface area contributed by atoms with Gasteiger partial charge in [-0.05, 0) is 49.8 Å². The van der Waals surface area contributed by atoms with Crippen LogP contribution in [0.25, 0.3) is 0 Å². The van der Waals surface area contributed by atoms with Gasteiger partial charge in [-0.2, -0.15) is 0 Å². The molecule has 4 heteroatoms. The van der Waals surface area contributed by atoms with E-state index in [0.29, 0.717) is 25.6 Å². The first-order chi connectivity index (χ1) is 9.74. The lowest BCUT2D eigenvalue weighted by atomic mass is 10.1. The zero-order valence-corrected chi connectivity index (χ0v) is 11.8. The first kappa shape index (κ1) is 14.9. The minimum atomic E-state index is -0.139. The highest BCUT2D eigenvalue weighted by Gasteiger charge is 2.14. The Bertz CT molecular complexity index is 427. The Morgan fingerprint density at radius 3 is 3.10 bits per heavy atom. The molecule has 1 atom stereocenters. The fourth-order valence-corrected chi connectivity index (χ4v) is 2.44. The first-order valence-electron chi connectivity index (χ1n) is 7.35. The Balaban J connectivity index is 1.56. The summed E-state index contributed by atoms with van der Waals surface area (Å²) in [6, 6.07) is 7.61. The number of anilines is 1. The summed E-state index contributed by atoms with van der Waals surface area (Å²) in [7, 11) is 0. The van der Waals surface area contributed by atoms with Crippen LogP contribution in [0.5, 0.6) is 0 Å². The number of nitrogens with two attached hydrogens (primary N) is 1. The second-order valence-electron chi connectivity index (χ2n) is 5.24. The molecule has 1 aliphatic rings. The SMILES string of the molecule is Nc1cccc(CCC(=O)OCCCC2CCCO2)c1. The van der Waals surface area contributed by atoms with E-state index >= 15 is 0 Å². The second-order valence-corrected chi connectivity index (χ2v) is 5.24. The number of hydrogen-bond donors (Lipinski definition) is 1. The summed E-state index contributed by atoms with van der Waals surface area (Å²) in [6.07, 6.45) is 5.63. The summed E-state index contributed by atoms with van der Waals surface area (Å²) in [5, 5.41) is 0. The van der Waals surface area contributed by atoms with Gasteiger partial charge < -0.3 is 15.2 Å². The maximum absolute atomic E-state index is 11.6. The molecule has 1 aromatic rings. The molecule has 2 N–H and O–H groups in total. The molecule has 1 unspecified atom stereocenters. The third-order valence-electron chi connectivity index (χ3n) is 3.53. The van der Waals surface area contributed by atoms with E-state index in [0.717, 1.165) is 43.5 Å². The highest BCUT2D eigenvalue weighted by Crippen LogP contribution is 2.16. The maximum Gasteiger partial charge on any atom is 0.306 e. The van der Waals surface area contributed by atoms with Crippen LogP contribution in [0.1, 0.15) is 37.7 Å². The van der Waals surface area contributed by atoms with Crippen LogP contribution in [0.3, 0.4) is 0 Å². The van der Waals surface area contributed by atoms with E-state index in [9.17, 15) is 4.79 Å². The standard InChI is InChI=1S/C16H23NO3/c17-14-5-1-4-13(12-14)8-9-16(18)20-11-3-7-15-6-2-10-19-15/h1,4-5,12,15H,2-3,6-11,17H2. The van der Waals surface area contributed by atoms with Crippen molar-refractivity contribution in [1.29, 1.82) is 0 Å². The fourth-order valence-electron chi connectivity index (χ4n) is 2.44. The van der Waals surface area contributed by atoms with Crippen molar-refractivity contribution in [3.05, 3.63) is 29.8 Å². The van der Waals surface area contributed by atoms with Gasteiger partial charge in [-0.1, -0.05) is 12.1 Å². The van der Waals surface area contributed by atoms with Gasteiger partial charge in [0, 0.05) is 18.7 Å². The van der Waals surface area contributed by atoms with Gasteiger partial charge in [0.25, 0.3) is 0 Å². The van der Waals surface area contributed by atoms with Crippen LogP contribution >= 0.6 is 0 Å². The maximum atomic E-state index is 11.6. The molecule has 0 aromatic heterocycles. The van der Waals surface area contributed by atoms with Crippen molar-refractivity contribution in [2.75, 3.05) is 18.9 Å². The molecule has 1 aliphatic heterocycles. The zero-order valence-electron chi connectivity index (χ0n) is 11.8. The summed E-state index contributed by atoms with van der Waals surface area (Å²) in [4.78, 5) is 11.6. The number of carbonyl (C=O) groups excluding carboxylic acids is 1. The monoisotopic (exact) mass is 277 g/mol. The number of esters is 1. The summed E-state index contributed by atoms with van der Waals surface area (Å²) >= 11 is 0. The van der Waals surface area contributed by atoms with Gasteiger partial charge >= 0.3 is 5.97 Å². The average Bonchev–Trinajstić information content (AvgIpc) is 2.95. The van der Waals surface area contributed by atoms with Gasteiger partial charge in [-0.25, -0.2) is 0 Å². The van der Waals surface area contributed by atoms with Crippen LogP contribution in [0.15, 0.2) is 24.3 Å². The number of hydrogen-bond acceptors (Lipinski definition) is 4.